The highest BCUT2D eigenvalue weighted by Crippen LogP contribution is 2.55. The van der Waals surface area contributed by atoms with Crippen LogP contribution in [0.3, 0.4) is 0 Å². The number of rotatable bonds is 8. The van der Waals surface area contributed by atoms with Crippen LogP contribution in [0, 0.1) is 11.6 Å². The molecule has 3 rings (SSSR count). The monoisotopic (exact) mass is 692 g/mol. The van der Waals surface area contributed by atoms with Gasteiger partial charge in [0.15, 0.2) is 11.6 Å². The number of alkyl halides is 9. The molecule has 17 heteroatoms. The van der Waals surface area contributed by atoms with Gasteiger partial charge < -0.3 is 15.0 Å². The maximum Gasteiger partial charge on any atom is 0.435 e. The van der Waals surface area contributed by atoms with Gasteiger partial charge in [-0.25, -0.2) is 13.2 Å². The van der Waals surface area contributed by atoms with E-state index in [2.05, 4.69) is 20.7 Å². The SMILES string of the molecule is CCN(C(=O)c1ccccc1F)c1cccc(C(=O)Nc2c(Br)cc(C(F)(C(F)(F)F)C(F)(F)F)cc2OC(F)F)c1F. The van der Waals surface area contributed by atoms with Crippen LogP contribution in [0.1, 0.15) is 33.2 Å². The van der Waals surface area contributed by atoms with Crippen LogP contribution in [0.5, 0.6) is 5.75 Å². The number of hydrogen-bond donors (Lipinski definition) is 1. The molecule has 0 radical (unpaired) electrons. The second-order valence-corrected chi connectivity index (χ2v) is 9.34. The highest BCUT2D eigenvalue weighted by Gasteiger charge is 2.73. The summed E-state index contributed by atoms with van der Waals surface area (Å²) in [6, 6.07) is 7.26. The van der Waals surface area contributed by atoms with Crippen LogP contribution in [-0.2, 0) is 5.67 Å². The molecule has 2 amide bonds. The van der Waals surface area contributed by atoms with E-state index in [4.69, 9.17) is 0 Å². The van der Waals surface area contributed by atoms with E-state index in [1.165, 1.54) is 19.1 Å². The topological polar surface area (TPSA) is 58.6 Å². The third-order valence-corrected chi connectivity index (χ3v) is 6.49. The Morgan fingerprint density at radius 2 is 1.49 bits per heavy atom. The van der Waals surface area contributed by atoms with Crippen molar-refractivity contribution in [3.63, 3.8) is 0 Å². The van der Waals surface area contributed by atoms with Crippen molar-refractivity contribution in [2.24, 2.45) is 0 Å². The van der Waals surface area contributed by atoms with Gasteiger partial charge in [-0.15, -0.1) is 0 Å². The molecule has 0 aromatic heterocycles. The van der Waals surface area contributed by atoms with Crippen molar-refractivity contribution in [1.82, 2.24) is 0 Å². The molecule has 3 aromatic carbocycles. The van der Waals surface area contributed by atoms with Gasteiger partial charge in [0.05, 0.1) is 22.5 Å². The molecule has 43 heavy (non-hydrogen) atoms. The average molecular weight is 693 g/mol. The number of hydrogen-bond acceptors (Lipinski definition) is 3. The Kier molecular flexibility index (Phi) is 9.68. The molecule has 0 saturated carbocycles. The van der Waals surface area contributed by atoms with Gasteiger partial charge in [-0.2, -0.15) is 35.1 Å². The number of nitrogens with zero attached hydrogens (tertiary/aromatic N) is 1. The highest BCUT2D eigenvalue weighted by molar-refractivity contribution is 9.10. The van der Waals surface area contributed by atoms with E-state index in [0.717, 1.165) is 35.2 Å². The number of carbonyl (C=O) groups excluding carboxylic acids is 2. The molecule has 3 aromatic rings. The van der Waals surface area contributed by atoms with Crippen LogP contribution < -0.4 is 15.0 Å². The summed E-state index contributed by atoms with van der Waals surface area (Å²) in [7, 11) is 0. The van der Waals surface area contributed by atoms with E-state index in [1.807, 2.05) is 5.32 Å². The van der Waals surface area contributed by atoms with Crippen molar-refractivity contribution in [3.05, 3.63) is 87.4 Å². The lowest BCUT2D eigenvalue weighted by atomic mass is 9.93. The molecule has 0 aliphatic heterocycles. The van der Waals surface area contributed by atoms with Crippen molar-refractivity contribution in [2.75, 3.05) is 16.8 Å². The molecular formula is C26H16BrF11N2O3. The van der Waals surface area contributed by atoms with Crippen LogP contribution in [-0.4, -0.2) is 37.3 Å². The summed E-state index contributed by atoms with van der Waals surface area (Å²) in [5.74, 6) is -6.38. The van der Waals surface area contributed by atoms with E-state index >= 15 is 4.39 Å². The molecule has 0 atom stereocenters. The summed E-state index contributed by atoms with van der Waals surface area (Å²) in [5.41, 5.74) is -11.1. The fraction of sp³-hybridized carbons (Fsp3) is 0.231. The van der Waals surface area contributed by atoms with Gasteiger partial charge in [-0.3, -0.25) is 9.59 Å². The molecule has 0 aliphatic rings. The third kappa shape index (κ3) is 6.55. The molecule has 0 fully saturated rings. The molecule has 0 saturated heterocycles. The summed E-state index contributed by atoms with van der Waals surface area (Å²) in [4.78, 5) is 26.6. The van der Waals surface area contributed by atoms with Gasteiger partial charge in [-0.05, 0) is 59.3 Å². The van der Waals surface area contributed by atoms with Crippen LogP contribution in [0.15, 0.2) is 59.1 Å². The molecule has 0 aliphatic carbocycles. The fourth-order valence-corrected chi connectivity index (χ4v) is 4.41. The van der Waals surface area contributed by atoms with E-state index < -0.39 is 86.4 Å². The fourth-order valence-electron chi connectivity index (χ4n) is 3.87. The number of nitrogens with one attached hydrogen (secondary N) is 1. The zero-order valence-electron chi connectivity index (χ0n) is 21.2. The molecule has 0 bridgehead atoms. The lowest BCUT2D eigenvalue weighted by molar-refractivity contribution is -0.348. The van der Waals surface area contributed by atoms with E-state index in [0.29, 0.717) is 0 Å². The van der Waals surface area contributed by atoms with Gasteiger partial charge in [0.1, 0.15) is 5.82 Å². The third-order valence-electron chi connectivity index (χ3n) is 5.87. The summed E-state index contributed by atoms with van der Waals surface area (Å²) in [5, 5.41) is 1.82. The molecule has 0 spiro atoms. The summed E-state index contributed by atoms with van der Waals surface area (Å²) in [6.07, 6.45) is -13.2. The van der Waals surface area contributed by atoms with E-state index in [9.17, 15) is 53.5 Å². The van der Waals surface area contributed by atoms with Gasteiger partial charge in [-0.1, -0.05) is 18.2 Å². The zero-order valence-corrected chi connectivity index (χ0v) is 22.8. The number of anilines is 2. The van der Waals surface area contributed by atoms with Crippen molar-refractivity contribution in [1.29, 1.82) is 0 Å². The first-order valence-corrected chi connectivity index (χ1v) is 12.4. The summed E-state index contributed by atoms with van der Waals surface area (Å²) >= 11 is 2.51. The first-order chi connectivity index (χ1) is 19.8. The molecule has 0 unspecified atom stereocenters. The zero-order chi connectivity index (χ0) is 32.5. The van der Waals surface area contributed by atoms with Crippen molar-refractivity contribution in [3.8, 4) is 5.75 Å². The van der Waals surface area contributed by atoms with Gasteiger partial charge in [0, 0.05) is 16.6 Å². The highest BCUT2D eigenvalue weighted by atomic mass is 79.9. The minimum absolute atomic E-state index is 0.0758. The first-order valence-electron chi connectivity index (χ1n) is 11.6. The van der Waals surface area contributed by atoms with Crippen LogP contribution in [0.4, 0.5) is 59.7 Å². The predicted molar refractivity (Wildman–Crippen MR) is 134 cm³/mol. The number of halogens is 12. The maximum absolute atomic E-state index is 15.5. The lowest BCUT2D eigenvalue weighted by Crippen LogP contribution is -2.50. The van der Waals surface area contributed by atoms with Gasteiger partial charge in [0.25, 0.3) is 11.8 Å². The minimum Gasteiger partial charge on any atom is -0.433 e. The predicted octanol–water partition coefficient (Wildman–Crippen LogP) is 8.54. The van der Waals surface area contributed by atoms with Crippen LogP contribution in [0.25, 0.3) is 0 Å². The summed E-state index contributed by atoms with van der Waals surface area (Å²) < 4.78 is 153. The second-order valence-electron chi connectivity index (χ2n) is 8.49. The smallest absolute Gasteiger partial charge is 0.433 e. The number of benzene rings is 3. The Morgan fingerprint density at radius 3 is 2.02 bits per heavy atom. The number of amides is 2. The maximum atomic E-state index is 15.5. The molecule has 5 nitrogen and oxygen atoms in total. The Morgan fingerprint density at radius 1 is 0.907 bits per heavy atom. The van der Waals surface area contributed by atoms with Gasteiger partial charge >= 0.3 is 24.6 Å². The second kappa shape index (κ2) is 12.4. The molecular weight excluding hydrogens is 677 g/mol. The van der Waals surface area contributed by atoms with Crippen LogP contribution >= 0.6 is 15.9 Å². The van der Waals surface area contributed by atoms with Crippen LogP contribution in [0.2, 0.25) is 0 Å². The Balaban J connectivity index is 2.08. The Hall–Kier alpha value is -3.89. The Labute approximate surface area is 243 Å². The van der Waals surface area contributed by atoms with Crippen molar-refractivity contribution < 1.29 is 62.6 Å². The van der Waals surface area contributed by atoms with Crippen molar-refractivity contribution in [2.45, 2.75) is 31.6 Å². The minimum atomic E-state index is -6.60. The first kappa shape index (κ1) is 33.6. The largest absolute Gasteiger partial charge is 0.435 e. The number of carbonyl (C=O) groups is 2. The van der Waals surface area contributed by atoms with E-state index in [1.54, 1.807) is 0 Å². The van der Waals surface area contributed by atoms with E-state index in [-0.39, 0.29) is 18.7 Å². The molecule has 232 valence electrons. The number of ether oxygens (including phenoxy) is 1. The van der Waals surface area contributed by atoms with Crippen molar-refractivity contribution >= 4 is 39.1 Å². The standard InChI is InChI=1S/C26H16BrF11N2O3/c1-2-40(22(42)13-6-3-4-8-16(13)28)17-9-5-7-14(19(17)29)21(41)39-20-15(27)10-12(11-18(20)43-23(30)31)24(32,25(33,34)35)26(36,37)38/h3-11,23H,2H2,1H3,(H,39,41). The quantitative estimate of drug-likeness (QED) is 0.241. The normalized spacial score (nSPS) is 12.3. The van der Waals surface area contributed by atoms with Gasteiger partial charge in [0.2, 0.25) is 0 Å². The average Bonchev–Trinajstić information content (AvgIpc) is 2.89. The molecule has 0 heterocycles. The summed E-state index contributed by atoms with van der Waals surface area (Å²) in [6.45, 7) is -2.73. The molecule has 1 N–H and O–H groups in total. The Bertz CT molecular complexity index is 1510. The lowest BCUT2D eigenvalue weighted by Gasteiger charge is -2.31.